The zero-order chi connectivity index (χ0) is 20.7. The minimum atomic E-state index is -0.433. The van der Waals surface area contributed by atoms with E-state index in [1.54, 1.807) is 31.3 Å². The largest absolute Gasteiger partial charge is 0.465 e. The second-order valence-electron chi connectivity index (χ2n) is 6.72. The Morgan fingerprint density at radius 2 is 1.54 bits per heavy atom. The van der Waals surface area contributed by atoms with Crippen LogP contribution >= 0.6 is 0 Å². The number of quaternary nitrogens is 1. The Hall–Kier alpha value is -3.19. The summed E-state index contributed by atoms with van der Waals surface area (Å²) in [6.45, 7) is 4.26. The molecule has 0 aliphatic carbocycles. The lowest BCUT2D eigenvalue weighted by Crippen LogP contribution is -3.11. The second kappa shape index (κ2) is 9.66. The zero-order valence-corrected chi connectivity index (χ0v) is 16.6. The number of hydrogen-bond donors (Lipinski definition) is 3. The number of nitrogens with one attached hydrogen (secondary N) is 3. The highest BCUT2D eigenvalue weighted by Crippen LogP contribution is 2.17. The van der Waals surface area contributed by atoms with Crippen LogP contribution in [-0.2, 0) is 14.3 Å². The van der Waals surface area contributed by atoms with Crippen LogP contribution in [0.25, 0.3) is 0 Å². The van der Waals surface area contributed by atoms with E-state index in [-0.39, 0.29) is 24.9 Å². The monoisotopic (exact) mass is 384 g/mol. The van der Waals surface area contributed by atoms with Crippen molar-refractivity contribution >= 4 is 29.2 Å². The molecule has 7 heteroatoms. The predicted molar refractivity (Wildman–Crippen MR) is 108 cm³/mol. The van der Waals surface area contributed by atoms with Crippen molar-refractivity contribution in [2.45, 2.75) is 13.8 Å². The van der Waals surface area contributed by atoms with E-state index in [9.17, 15) is 14.4 Å². The van der Waals surface area contributed by atoms with Gasteiger partial charge in [-0.2, -0.15) is 0 Å². The fourth-order valence-corrected chi connectivity index (χ4v) is 2.70. The zero-order valence-electron chi connectivity index (χ0n) is 16.6. The molecule has 2 aromatic rings. The second-order valence-corrected chi connectivity index (χ2v) is 6.72. The van der Waals surface area contributed by atoms with Crippen molar-refractivity contribution in [2.75, 3.05) is 37.9 Å². The smallest absolute Gasteiger partial charge is 0.337 e. The number of ether oxygens (including phenoxy) is 1. The average molecular weight is 384 g/mol. The molecule has 1 atom stereocenters. The third-order valence-corrected chi connectivity index (χ3v) is 4.39. The predicted octanol–water partition coefficient (Wildman–Crippen LogP) is 1.18. The molecule has 0 bridgehead atoms. The van der Waals surface area contributed by atoms with Crippen LogP contribution in [0.1, 0.15) is 21.5 Å². The molecule has 0 aromatic heterocycles. The first-order valence-electron chi connectivity index (χ1n) is 8.95. The van der Waals surface area contributed by atoms with Crippen molar-refractivity contribution in [1.82, 2.24) is 0 Å². The SMILES string of the molecule is COC(=O)c1ccc(NC(=O)C[NH+](C)CC(=O)Nc2cccc(C)c2C)cc1. The van der Waals surface area contributed by atoms with E-state index in [1.165, 1.54) is 7.11 Å². The first-order chi connectivity index (χ1) is 13.3. The first-order valence-corrected chi connectivity index (χ1v) is 8.95. The molecule has 3 N–H and O–H groups in total. The van der Waals surface area contributed by atoms with Crippen LogP contribution in [0, 0.1) is 13.8 Å². The summed E-state index contributed by atoms with van der Waals surface area (Å²) < 4.78 is 4.64. The number of carbonyl (C=O) groups excluding carboxylic acids is 3. The average Bonchev–Trinajstić information content (AvgIpc) is 2.65. The Labute approximate surface area is 164 Å². The number of likely N-dealkylation sites (N-methyl/N-ethyl adjacent to an activating group) is 1. The van der Waals surface area contributed by atoms with Crippen LogP contribution in [-0.4, -0.2) is 45.0 Å². The number of amides is 2. The molecule has 0 heterocycles. The molecule has 0 spiro atoms. The van der Waals surface area contributed by atoms with Crippen molar-refractivity contribution in [3.05, 3.63) is 59.2 Å². The molecule has 28 heavy (non-hydrogen) atoms. The van der Waals surface area contributed by atoms with Crippen LogP contribution in [0.15, 0.2) is 42.5 Å². The molecule has 2 rings (SSSR count). The highest BCUT2D eigenvalue weighted by molar-refractivity contribution is 5.94. The molecule has 1 unspecified atom stereocenters. The highest BCUT2D eigenvalue weighted by Gasteiger charge is 2.15. The van der Waals surface area contributed by atoms with Gasteiger partial charge in [0, 0.05) is 11.4 Å². The lowest BCUT2D eigenvalue weighted by molar-refractivity contribution is -0.862. The number of aryl methyl sites for hydroxylation is 1. The maximum absolute atomic E-state index is 12.2. The Kier molecular flexibility index (Phi) is 7.28. The first kappa shape index (κ1) is 21.1. The Bertz CT molecular complexity index is 862. The summed E-state index contributed by atoms with van der Waals surface area (Å²) >= 11 is 0. The molecule has 148 valence electrons. The number of anilines is 2. The maximum Gasteiger partial charge on any atom is 0.337 e. The number of esters is 1. The van der Waals surface area contributed by atoms with Crippen LogP contribution in [0.4, 0.5) is 11.4 Å². The molecule has 0 saturated heterocycles. The van der Waals surface area contributed by atoms with Crippen molar-refractivity contribution in [2.24, 2.45) is 0 Å². The lowest BCUT2D eigenvalue weighted by atomic mass is 10.1. The number of benzene rings is 2. The van der Waals surface area contributed by atoms with Gasteiger partial charge >= 0.3 is 5.97 Å². The van der Waals surface area contributed by atoms with Gasteiger partial charge in [-0.1, -0.05) is 12.1 Å². The number of methoxy groups -OCH3 is 1. The van der Waals surface area contributed by atoms with Crippen LogP contribution in [0.5, 0.6) is 0 Å². The van der Waals surface area contributed by atoms with E-state index in [4.69, 9.17) is 0 Å². The number of rotatable bonds is 7. The summed E-state index contributed by atoms with van der Waals surface area (Å²) in [6, 6.07) is 12.2. The van der Waals surface area contributed by atoms with Gasteiger partial charge < -0.3 is 20.3 Å². The van der Waals surface area contributed by atoms with Crippen molar-refractivity contribution in [3.8, 4) is 0 Å². The highest BCUT2D eigenvalue weighted by atomic mass is 16.5. The van der Waals surface area contributed by atoms with Gasteiger partial charge in [0.05, 0.1) is 19.7 Å². The Morgan fingerprint density at radius 3 is 2.14 bits per heavy atom. The number of hydrogen-bond acceptors (Lipinski definition) is 4. The van der Waals surface area contributed by atoms with Gasteiger partial charge in [0.2, 0.25) is 0 Å². The van der Waals surface area contributed by atoms with Crippen LogP contribution in [0.3, 0.4) is 0 Å². The molecule has 0 radical (unpaired) electrons. The minimum absolute atomic E-state index is 0.138. The van der Waals surface area contributed by atoms with E-state index >= 15 is 0 Å². The van der Waals surface area contributed by atoms with Crippen molar-refractivity contribution in [1.29, 1.82) is 0 Å². The normalized spacial score (nSPS) is 11.4. The van der Waals surface area contributed by atoms with Gasteiger partial charge in [0.1, 0.15) is 0 Å². The summed E-state index contributed by atoms with van der Waals surface area (Å²) in [5.41, 5.74) is 3.90. The summed E-state index contributed by atoms with van der Waals surface area (Å²) in [6.07, 6.45) is 0. The topological polar surface area (TPSA) is 88.9 Å². The fraction of sp³-hybridized carbons (Fsp3) is 0.286. The van der Waals surface area contributed by atoms with Gasteiger partial charge in [-0.25, -0.2) is 4.79 Å². The molecular formula is C21H26N3O4+. The Balaban J connectivity index is 1.84. The van der Waals surface area contributed by atoms with E-state index in [0.29, 0.717) is 11.3 Å². The third-order valence-electron chi connectivity index (χ3n) is 4.39. The quantitative estimate of drug-likeness (QED) is 0.626. The third kappa shape index (κ3) is 5.92. The summed E-state index contributed by atoms with van der Waals surface area (Å²) in [5.74, 6) is -0.804. The minimum Gasteiger partial charge on any atom is -0.465 e. The number of carbonyl (C=O) groups is 3. The lowest BCUT2D eigenvalue weighted by Gasteiger charge is -2.15. The molecule has 0 aliphatic rings. The Morgan fingerprint density at radius 1 is 0.929 bits per heavy atom. The maximum atomic E-state index is 12.2. The fourth-order valence-electron chi connectivity index (χ4n) is 2.70. The molecule has 0 saturated carbocycles. The standard InChI is InChI=1S/C21H25N3O4/c1-14-6-5-7-18(15(14)2)23-20(26)13-24(3)12-19(25)22-17-10-8-16(9-11-17)21(27)28-4/h5-11H,12-13H2,1-4H3,(H,22,25)(H,23,26)/p+1. The van der Waals surface area contributed by atoms with Gasteiger partial charge in [-0.15, -0.1) is 0 Å². The van der Waals surface area contributed by atoms with Crippen molar-refractivity contribution < 1.29 is 24.0 Å². The van der Waals surface area contributed by atoms with Gasteiger partial charge in [0.25, 0.3) is 11.8 Å². The molecule has 7 nitrogen and oxygen atoms in total. The van der Waals surface area contributed by atoms with Crippen LogP contribution in [0.2, 0.25) is 0 Å². The van der Waals surface area contributed by atoms with Gasteiger partial charge in [-0.3, -0.25) is 9.59 Å². The van der Waals surface area contributed by atoms with Gasteiger partial charge in [0.15, 0.2) is 13.1 Å². The molecule has 2 amide bonds. The molecule has 2 aromatic carbocycles. The van der Waals surface area contributed by atoms with Crippen molar-refractivity contribution in [3.63, 3.8) is 0 Å². The summed E-state index contributed by atoms with van der Waals surface area (Å²) in [7, 11) is 3.09. The van der Waals surface area contributed by atoms with Gasteiger partial charge in [-0.05, 0) is 55.3 Å². The summed E-state index contributed by atoms with van der Waals surface area (Å²) in [4.78, 5) is 36.6. The van der Waals surface area contributed by atoms with Crippen LogP contribution < -0.4 is 15.5 Å². The van der Waals surface area contributed by atoms with E-state index in [2.05, 4.69) is 15.4 Å². The molecular weight excluding hydrogens is 358 g/mol. The molecule has 0 aliphatic heterocycles. The van der Waals surface area contributed by atoms with E-state index in [1.807, 2.05) is 32.0 Å². The summed E-state index contributed by atoms with van der Waals surface area (Å²) in [5, 5.41) is 5.64. The van der Waals surface area contributed by atoms with E-state index < -0.39 is 5.97 Å². The molecule has 0 fully saturated rings. The van der Waals surface area contributed by atoms with E-state index in [0.717, 1.165) is 21.7 Å².